The maximum Gasteiger partial charge on any atom is 0.134 e. The van der Waals surface area contributed by atoms with Gasteiger partial charge in [-0.15, -0.1) is 0 Å². The molecule has 0 spiro atoms. The van der Waals surface area contributed by atoms with E-state index in [4.69, 9.17) is 0 Å². The molecule has 0 atom stereocenters. The Labute approximate surface area is 88.2 Å². The molecule has 0 aromatic heterocycles. The lowest BCUT2D eigenvalue weighted by Gasteiger charge is -2.05. The van der Waals surface area contributed by atoms with Gasteiger partial charge < -0.3 is 4.90 Å². The summed E-state index contributed by atoms with van der Waals surface area (Å²) in [5.41, 5.74) is -0.0729. The van der Waals surface area contributed by atoms with Crippen molar-refractivity contribution in [3.63, 3.8) is 0 Å². The molecule has 4 heteroatoms. The first kappa shape index (κ1) is 11.8. The van der Waals surface area contributed by atoms with Crippen LogP contribution in [0.3, 0.4) is 0 Å². The van der Waals surface area contributed by atoms with Gasteiger partial charge in [0.1, 0.15) is 11.6 Å². The Hall–Kier alpha value is -1.29. The third kappa shape index (κ3) is 3.75. The fraction of sp³-hybridized carbons (Fsp3) is 0.364. The highest BCUT2D eigenvalue weighted by atomic mass is 19.1. The summed E-state index contributed by atoms with van der Waals surface area (Å²) in [4.78, 5) is 5.91. The van der Waals surface area contributed by atoms with Crippen LogP contribution in [0.15, 0.2) is 23.2 Å². The van der Waals surface area contributed by atoms with Gasteiger partial charge in [0.15, 0.2) is 0 Å². The Bertz CT molecular complexity index is 328. The number of hydrogen-bond donors (Lipinski definition) is 0. The molecule has 1 rings (SSSR count). The Morgan fingerprint density at radius 3 is 2.40 bits per heavy atom. The minimum absolute atomic E-state index is 0.0729. The van der Waals surface area contributed by atoms with E-state index in [0.717, 1.165) is 6.54 Å². The molecule has 82 valence electrons. The molecule has 1 aromatic rings. The first-order valence-electron chi connectivity index (χ1n) is 4.70. The zero-order chi connectivity index (χ0) is 11.3. The zero-order valence-corrected chi connectivity index (χ0v) is 8.87. The Morgan fingerprint density at radius 1 is 1.27 bits per heavy atom. The van der Waals surface area contributed by atoms with Gasteiger partial charge in [-0.3, -0.25) is 4.99 Å². The lowest BCUT2D eigenvalue weighted by Crippen LogP contribution is -2.15. The molecule has 0 saturated heterocycles. The van der Waals surface area contributed by atoms with E-state index in [0.29, 0.717) is 6.54 Å². The Balaban J connectivity index is 2.64. The van der Waals surface area contributed by atoms with Crippen LogP contribution in [0.25, 0.3) is 0 Å². The second kappa shape index (κ2) is 5.56. The average molecular weight is 212 g/mol. The molecule has 0 fully saturated rings. The molecule has 0 amide bonds. The first-order chi connectivity index (χ1) is 7.11. The van der Waals surface area contributed by atoms with Crippen molar-refractivity contribution in [2.24, 2.45) is 4.99 Å². The first-order valence-corrected chi connectivity index (χ1v) is 4.70. The molecule has 0 aliphatic rings. The Kier molecular flexibility index (Phi) is 4.37. The van der Waals surface area contributed by atoms with Crippen molar-refractivity contribution >= 4 is 6.21 Å². The third-order valence-corrected chi connectivity index (χ3v) is 1.90. The van der Waals surface area contributed by atoms with Crippen LogP contribution in [-0.4, -0.2) is 38.3 Å². The molecule has 0 saturated carbocycles. The monoisotopic (exact) mass is 212 g/mol. The van der Waals surface area contributed by atoms with E-state index in [1.54, 1.807) is 0 Å². The van der Waals surface area contributed by atoms with E-state index >= 15 is 0 Å². The number of benzene rings is 1. The molecule has 0 unspecified atom stereocenters. The highest BCUT2D eigenvalue weighted by Gasteiger charge is 2.04. The van der Waals surface area contributed by atoms with Gasteiger partial charge in [0.25, 0.3) is 0 Å². The standard InChI is InChI=1S/C11H14F2N2/c1-15(2)7-6-14-8-9-10(12)4-3-5-11(9)13/h3-5,8H,6-7H2,1-2H3. The molecule has 0 radical (unpaired) electrons. The van der Waals surface area contributed by atoms with Gasteiger partial charge in [-0.05, 0) is 26.2 Å². The largest absolute Gasteiger partial charge is 0.308 e. The van der Waals surface area contributed by atoms with Crippen LogP contribution in [0.5, 0.6) is 0 Å². The summed E-state index contributed by atoms with van der Waals surface area (Å²) in [5, 5.41) is 0. The minimum atomic E-state index is -0.580. The van der Waals surface area contributed by atoms with Crippen LogP contribution >= 0.6 is 0 Å². The molecular formula is C11H14F2N2. The second-order valence-electron chi connectivity index (χ2n) is 3.47. The van der Waals surface area contributed by atoms with Crippen LogP contribution in [0.1, 0.15) is 5.56 Å². The quantitative estimate of drug-likeness (QED) is 0.696. The summed E-state index contributed by atoms with van der Waals surface area (Å²) < 4.78 is 26.2. The predicted molar refractivity (Wildman–Crippen MR) is 57.4 cm³/mol. The van der Waals surface area contributed by atoms with Gasteiger partial charge >= 0.3 is 0 Å². The van der Waals surface area contributed by atoms with Gasteiger partial charge in [0, 0.05) is 12.8 Å². The number of rotatable bonds is 4. The van der Waals surface area contributed by atoms with Crippen LogP contribution in [0.4, 0.5) is 8.78 Å². The predicted octanol–water partition coefficient (Wildman–Crippen LogP) is 1.95. The number of aliphatic imine (C=N–C) groups is 1. The topological polar surface area (TPSA) is 15.6 Å². The summed E-state index contributed by atoms with van der Waals surface area (Å²) in [6, 6.07) is 3.77. The summed E-state index contributed by atoms with van der Waals surface area (Å²) >= 11 is 0. The van der Waals surface area contributed by atoms with E-state index in [1.807, 2.05) is 19.0 Å². The molecule has 2 nitrogen and oxygen atoms in total. The highest BCUT2D eigenvalue weighted by molar-refractivity contribution is 5.80. The van der Waals surface area contributed by atoms with E-state index in [2.05, 4.69) is 4.99 Å². The van der Waals surface area contributed by atoms with Crippen molar-refractivity contribution in [1.29, 1.82) is 0 Å². The van der Waals surface area contributed by atoms with Crippen molar-refractivity contribution in [2.75, 3.05) is 27.2 Å². The molecule has 0 aliphatic carbocycles. The van der Waals surface area contributed by atoms with E-state index in [9.17, 15) is 8.78 Å². The third-order valence-electron chi connectivity index (χ3n) is 1.90. The normalized spacial score (nSPS) is 11.5. The summed E-state index contributed by atoms with van der Waals surface area (Å²) in [6.07, 6.45) is 1.24. The van der Waals surface area contributed by atoms with E-state index in [1.165, 1.54) is 24.4 Å². The van der Waals surface area contributed by atoms with Crippen LogP contribution in [-0.2, 0) is 0 Å². The summed E-state index contributed by atoms with van der Waals surface area (Å²) in [5.74, 6) is -1.16. The van der Waals surface area contributed by atoms with Crippen molar-refractivity contribution in [1.82, 2.24) is 4.90 Å². The fourth-order valence-electron chi connectivity index (χ4n) is 1.05. The molecule has 15 heavy (non-hydrogen) atoms. The van der Waals surface area contributed by atoms with E-state index < -0.39 is 11.6 Å². The van der Waals surface area contributed by atoms with Gasteiger partial charge in [-0.2, -0.15) is 0 Å². The number of halogens is 2. The van der Waals surface area contributed by atoms with Crippen LogP contribution in [0, 0.1) is 11.6 Å². The molecule has 1 aromatic carbocycles. The summed E-state index contributed by atoms with van der Waals surface area (Å²) in [6.45, 7) is 1.29. The Morgan fingerprint density at radius 2 is 1.87 bits per heavy atom. The summed E-state index contributed by atoms with van der Waals surface area (Å²) in [7, 11) is 3.83. The molecule has 0 bridgehead atoms. The fourth-order valence-corrected chi connectivity index (χ4v) is 1.05. The van der Waals surface area contributed by atoms with Gasteiger partial charge in [0.2, 0.25) is 0 Å². The highest BCUT2D eigenvalue weighted by Crippen LogP contribution is 2.08. The smallest absolute Gasteiger partial charge is 0.134 e. The van der Waals surface area contributed by atoms with Gasteiger partial charge in [-0.25, -0.2) is 8.78 Å². The van der Waals surface area contributed by atoms with Crippen molar-refractivity contribution in [3.05, 3.63) is 35.4 Å². The zero-order valence-electron chi connectivity index (χ0n) is 8.87. The average Bonchev–Trinajstić information content (AvgIpc) is 2.15. The maximum absolute atomic E-state index is 13.1. The van der Waals surface area contributed by atoms with E-state index in [-0.39, 0.29) is 5.56 Å². The van der Waals surface area contributed by atoms with Gasteiger partial charge in [0.05, 0.1) is 12.1 Å². The lowest BCUT2D eigenvalue weighted by atomic mass is 10.2. The van der Waals surface area contributed by atoms with Crippen LogP contribution < -0.4 is 0 Å². The SMILES string of the molecule is CN(C)CCN=Cc1c(F)cccc1F. The van der Waals surface area contributed by atoms with Crippen molar-refractivity contribution in [2.45, 2.75) is 0 Å². The van der Waals surface area contributed by atoms with Crippen molar-refractivity contribution < 1.29 is 8.78 Å². The maximum atomic E-state index is 13.1. The molecular weight excluding hydrogens is 198 g/mol. The number of hydrogen-bond acceptors (Lipinski definition) is 2. The van der Waals surface area contributed by atoms with Crippen molar-refractivity contribution in [3.8, 4) is 0 Å². The minimum Gasteiger partial charge on any atom is -0.308 e. The molecule has 0 heterocycles. The number of nitrogens with zero attached hydrogens (tertiary/aromatic N) is 2. The number of likely N-dealkylation sites (N-methyl/N-ethyl adjacent to an activating group) is 1. The van der Waals surface area contributed by atoms with Gasteiger partial charge in [-0.1, -0.05) is 6.07 Å². The lowest BCUT2D eigenvalue weighted by molar-refractivity contribution is 0.421. The van der Waals surface area contributed by atoms with Crippen LogP contribution in [0.2, 0.25) is 0 Å². The molecule has 0 N–H and O–H groups in total. The molecule has 0 aliphatic heterocycles. The second-order valence-corrected chi connectivity index (χ2v) is 3.47.